The lowest BCUT2D eigenvalue weighted by atomic mass is 10.3. The van der Waals surface area contributed by atoms with Crippen molar-refractivity contribution in [2.24, 2.45) is 0 Å². The molecule has 1 amide bonds. The van der Waals surface area contributed by atoms with E-state index in [1.54, 1.807) is 6.20 Å². The Morgan fingerprint density at radius 2 is 2.42 bits per heavy atom. The number of nitrogens with one attached hydrogen (secondary N) is 1. The molecule has 0 unspecified atom stereocenters. The molecule has 0 aliphatic carbocycles. The fourth-order valence-electron chi connectivity index (χ4n) is 0.844. The second kappa shape index (κ2) is 4.33. The van der Waals surface area contributed by atoms with Gasteiger partial charge in [0.05, 0.1) is 0 Å². The van der Waals surface area contributed by atoms with Gasteiger partial charge in [-0.25, -0.2) is 4.79 Å². The summed E-state index contributed by atoms with van der Waals surface area (Å²) in [5, 5.41) is 10.5. The highest BCUT2D eigenvalue weighted by molar-refractivity contribution is 5.64. The monoisotopic (exact) mass is 166 g/mol. The molecule has 0 atom stereocenters. The van der Waals surface area contributed by atoms with Gasteiger partial charge in [0, 0.05) is 24.9 Å². The molecule has 0 aliphatic heterocycles. The molecule has 1 rings (SSSR count). The van der Waals surface area contributed by atoms with Crippen LogP contribution in [0.1, 0.15) is 5.69 Å². The van der Waals surface area contributed by atoms with Crippen molar-refractivity contribution in [3.8, 4) is 0 Å². The number of hydrogen-bond donors (Lipinski definition) is 2. The summed E-state index contributed by atoms with van der Waals surface area (Å²) in [6.45, 7) is 0.409. The summed E-state index contributed by atoms with van der Waals surface area (Å²) in [5.74, 6) is 0. The third-order valence-electron chi connectivity index (χ3n) is 1.38. The first kappa shape index (κ1) is 8.52. The Balaban J connectivity index is 2.29. The highest BCUT2D eigenvalue weighted by Crippen LogP contribution is 1.92. The molecular formula is C8H10N2O2. The Hall–Kier alpha value is -1.58. The molecule has 4 heteroatoms. The van der Waals surface area contributed by atoms with E-state index in [0.29, 0.717) is 13.0 Å². The third-order valence-corrected chi connectivity index (χ3v) is 1.38. The van der Waals surface area contributed by atoms with E-state index in [0.717, 1.165) is 5.69 Å². The molecule has 4 nitrogen and oxygen atoms in total. The molecule has 0 spiro atoms. The predicted molar refractivity (Wildman–Crippen MR) is 44.0 cm³/mol. The zero-order chi connectivity index (χ0) is 8.81. The Labute approximate surface area is 70.3 Å². The van der Waals surface area contributed by atoms with Crippen molar-refractivity contribution in [2.45, 2.75) is 6.42 Å². The molecule has 1 aromatic rings. The van der Waals surface area contributed by atoms with Gasteiger partial charge in [-0.2, -0.15) is 0 Å². The van der Waals surface area contributed by atoms with Crippen molar-refractivity contribution in [2.75, 3.05) is 6.54 Å². The van der Waals surface area contributed by atoms with E-state index in [1.165, 1.54) is 0 Å². The van der Waals surface area contributed by atoms with E-state index in [2.05, 4.69) is 10.3 Å². The zero-order valence-electron chi connectivity index (χ0n) is 6.53. The molecule has 0 aromatic carbocycles. The average Bonchev–Trinajstić information content (AvgIpc) is 2.05. The van der Waals surface area contributed by atoms with Crippen LogP contribution in [0.3, 0.4) is 0 Å². The zero-order valence-corrected chi connectivity index (χ0v) is 6.53. The molecule has 0 saturated heterocycles. The van der Waals surface area contributed by atoms with Crippen LogP contribution in [0.25, 0.3) is 0 Å². The average molecular weight is 166 g/mol. The van der Waals surface area contributed by atoms with Gasteiger partial charge in [-0.3, -0.25) is 4.98 Å². The second-order valence-corrected chi connectivity index (χ2v) is 2.30. The SMILES string of the molecule is O=C(O)NCCc1ccccn1. The summed E-state index contributed by atoms with van der Waals surface area (Å²) in [5.41, 5.74) is 0.895. The summed E-state index contributed by atoms with van der Waals surface area (Å²) in [7, 11) is 0. The van der Waals surface area contributed by atoms with Gasteiger partial charge < -0.3 is 10.4 Å². The van der Waals surface area contributed by atoms with Gasteiger partial charge in [-0.05, 0) is 12.1 Å². The Bertz CT molecular complexity index is 248. The first-order valence-electron chi connectivity index (χ1n) is 3.66. The Morgan fingerprint density at radius 3 is 3.00 bits per heavy atom. The van der Waals surface area contributed by atoms with Crippen molar-refractivity contribution < 1.29 is 9.90 Å². The van der Waals surface area contributed by atoms with Crippen LogP contribution in [0.2, 0.25) is 0 Å². The van der Waals surface area contributed by atoms with Crippen LogP contribution in [0.15, 0.2) is 24.4 Å². The standard InChI is InChI=1S/C8H10N2O2/c11-8(12)10-6-4-7-3-1-2-5-9-7/h1-3,5,10H,4,6H2,(H,11,12). The highest BCUT2D eigenvalue weighted by Gasteiger charge is 1.94. The number of carboxylic acid groups (broad SMARTS) is 1. The largest absolute Gasteiger partial charge is 0.465 e. The first-order chi connectivity index (χ1) is 5.79. The minimum absolute atomic E-state index is 0.409. The van der Waals surface area contributed by atoms with E-state index in [1.807, 2.05) is 18.2 Å². The van der Waals surface area contributed by atoms with Crippen LogP contribution in [-0.4, -0.2) is 22.7 Å². The van der Waals surface area contributed by atoms with Gasteiger partial charge in [0.15, 0.2) is 0 Å². The smallest absolute Gasteiger partial charge is 0.404 e. The third kappa shape index (κ3) is 3.01. The normalized spacial score (nSPS) is 9.33. The van der Waals surface area contributed by atoms with Crippen molar-refractivity contribution in [1.29, 1.82) is 0 Å². The molecule has 0 bridgehead atoms. The predicted octanol–water partition coefficient (Wildman–Crippen LogP) is 0.892. The summed E-state index contributed by atoms with van der Waals surface area (Å²) in [6.07, 6.45) is 1.33. The number of carbonyl (C=O) groups is 1. The molecule has 12 heavy (non-hydrogen) atoms. The Morgan fingerprint density at radius 1 is 1.58 bits per heavy atom. The topological polar surface area (TPSA) is 62.2 Å². The van der Waals surface area contributed by atoms with Gasteiger partial charge in [0.1, 0.15) is 0 Å². The highest BCUT2D eigenvalue weighted by atomic mass is 16.4. The quantitative estimate of drug-likeness (QED) is 0.701. The molecule has 0 radical (unpaired) electrons. The lowest BCUT2D eigenvalue weighted by Crippen LogP contribution is -2.23. The van der Waals surface area contributed by atoms with Crippen LogP contribution in [0.5, 0.6) is 0 Å². The van der Waals surface area contributed by atoms with E-state index in [4.69, 9.17) is 5.11 Å². The van der Waals surface area contributed by atoms with Crippen LogP contribution >= 0.6 is 0 Å². The maximum Gasteiger partial charge on any atom is 0.404 e. The summed E-state index contributed by atoms with van der Waals surface area (Å²) < 4.78 is 0. The number of aromatic nitrogens is 1. The van der Waals surface area contributed by atoms with Crippen molar-refractivity contribution in [1.82, 2.24) is 10.3 Å². The van der Waals surface area contributed by atoms with E-state index in [9.17, 15) is 4.79 Å². The van der Waals surface area contributed by atoms with Crippen LogP contribution < -0.4 is 5.32 Å². The van der Waals surface area contributed by atoms with Crippen molar-refractivity contribution >= 4 is 6.09 Å². The van der Waals surface area contributed by atoms with Crippen LogP contribution in [0, 0.1) is 0 Å². The molecule has 2 N–H and O–H groups in total. The molecule has 0 saturated carbocycles. The van der Waals surface area contributed by atoms with E-state index >= 15 is 0 Å². The minimum Gasteiger partial charge on any atom is -0.465 e. The number of amides is 1. The van der Waals surface area contributed by atoms with Gasteiger partial charge in [0.25, 0.3) is 0 Å². The lowest BCUT2D eigenvalue weighted by Gasteiger charge is -1.99. The van der Waals surface area contributed by atoms with Crippen molar-refractivity contribution in [3.63, 3.8) is 0 Å². The van der Waals surface area contributed by atoms with Gasteiger partial charge >= 0.3 is 6.09 Å². The fraction of sp³-hybridized carbons (Fsp3) is 0.250. The molecule has 1 heterocycles. The summed E-state index contributed by atoms with van der Waals surface area (Å²) in [4.78, 5) is 14.1. The fourth-order valence-corrected chi connectivity index (χ4v) is 0.844. The Kier molecular flexibility index (Phi) is 3.07. The number of nitrogens with zero attached hydrogens (tertiary/aromatic N) is 1. The summed E-state index contributed by atoms with van der Waals surface area (Å²) >= 11 is 0. The molecule has 0 aliphatic rings. The van der Waals surface area contributed by atoms with Crippen LogP contribution in [-0.2, 0) is 6.42 Å². The molecular weight excluding hydrogens is 156 g/mol. The second-order valence-electron chi connectivity index (χ2n) is 2.30. The van der Waals surface area contributed by atoms with Gasteiger partial charge in [0.2, 0.25) is 0 Å². The first-order valence-corrected chi connectivity index (χ1v) is 3.66. The minimum atomic E-state index is -0.995. The van der Waals surface area contributed by atoms with E-state index in [-0.39, 0.29) is 0 Å². The van der Waals surface area contributed by atoms with E-state index < -0.39 is 6.09 Å². The van der Waals surface area contributed by atoms with Gasteiger partial charge in [-0.1, -0.05) is 6.07 Å². The maximum atomic E-state index is 10.1. The van der Waals surface area contributed by atoms with Crippen LogP contribution in [0.4, 0.5) is 4.79 Å². The number of pyridine rings is 1. The van der Waals surface area contributed by atoms with Gasteiger partial charge in [-0.15, -0.1) is 0 Å². The molecule has 0 fully saturated rings. The molecule has 1 aromatic heterocycles. The maximum absolute atomic E-state index is 10.1. The number of rotatable bonds is 3. The number of hydrogen-bond acceptors (Lipinski definition) is 2. The van der Waals surface area contributed by atoms with Crippen molar-refractivity contribution in [3.05, 3.63) is 30.1 Å². The summed E-state index contributed by atoms with van der Waals surface area (Å²) in [6, 6.07) is 5.57. The lowest BCUT2D eigenvalue weighted by molar-refractivity contribution is 0.194. The molecule has 64 valence electrons.